The van der Waals surface area contributed by atoms with Crippen molar-refractivity contribution >= 4 is 12.1 Å². The van der Waals surface area contributed by atoms with E-state index in [-0.39, 0.29) is 11.3 Å². The van der Waals surface area contributed by atoms with Gasteiger partial charge in [0, 0.05) is 6.54 Å². The highest BCUT2D eigenvalue weighted by Crippen LogP contribution is 2.27. The molecule has 1 rings (SSSR count). The summed E-state index contributed by atoms with van der Waals surface area (Å²) in [6.45, 7) is 6.20. The molecule has 1 aliphatic rings. The maximum absolute atomic E-state index is 11.2. The fourth-order valence-corrected chi connectivity index (χ4v) is 1.13. The number of carbonyl (C=O) groups is 2. The average Bonchev–Trinajstić information content (AvgIpc) is 1.83. The predicted octanol–water partition coefficient (Wildman–Crippen LogP) is 0.915. The van der Waals surface area contributed by atoms with E-state index >= 15 is 0 Å². The molecule has 4 heteroatoms. The first-order valence-corrected chi connectivity index (χ1v) is 3.91. The highest BCUT2D eigenvalue weighted by Gasteiger charge is 2.37. The van der Waals surface area contributed by atoms with Crippen molar-refractivity contribution in [3.05, 3.63) is 0 Å². The van der Waals surface area contributed by atoms with Crippen molar-refractivity contribution in [1.29, 1.82) is 0 Å². The lowest BCUT2D eigenvalue weighted by molar-refractivity contribution is -0.147. The second kappa shape index (κ2) is 2.77. The number of amides is 1. The number of alkyl carbamates (subject to hydrolysis) is 1. The van der Waals surface area contributed by atoms with Crippen LogP contribution >= 0.6 is 0 Å². The third-order valence-electron chi connectivity index (χ3n) is 1.97. The van der Waals surface area contributed by atoms with Crippen LogP contribution in [0.5, 0.6) is 0 Å². The van der Waals surface area contributed by atoms with Gasteiger partial charge in [-0.15, -0.1) is 0 Å². The number of hydrogen-bond donors (Lipinski definition) is 1. The maximum Gasteiger partial charge on any atom is 0.414 e. The van der Waals surface area contributed by atoms with Gasteiger partial charge in [0.15, 0.2) is 0 Å². The van der Waals surface area contributed by atoms with Gasteiger partial charge in [0.2, 0.25) is 0 Å². The van der Waals surface area contributed by atoms with E-state index in [1.807, 2.05) is 20.8 Å². The molecule has 1 heterocycles. The first-order chi connectivity index (χ1) is 5.41. The van der Waals surface area contributed by atoms with Crippen molar-refractivity contribution in [3.8, 4) is 0 Å². The molecule has 1 N–H and O–H groups in total. The number of hydrogen-bond acceptors (Lipinski definition) is 3. The summed E-state index contributed by atoms with van der Waals surface area (Å²) in [7, 11) is 0. The van der Waals surface area contributed by atoms with Crippen LogP contribution in [0.4, 0.5) is 4.79 Å². The first kappa shape index (κ1) is 9.03. The van der Waals surface area contributed by atoms with Gasteiger partial charge in [-0.05, 0) is 5.41 Å². The summed E-state index contributed by atoms with van der Waals surface area (Å²) in [5, 5.41) is 2.49. The minimum atomic E-state index is -0.638. The van der Waals surface area contributed by atoms with E-state index in [0.717, 1.165) is 0 Å². The van der Waals surface area contributed by atoms with Crippen LogP contribution in [0.15, 0.2) is 0 Å². The van der Waals surface area contributed by atoms with Gasteiger partial charge in [-0.2, -0.15) is 0 Å². The zero-order valence-corrected chi connectivity index (χ0v) is 7.51. The third kappa shape index (κ3) is 1.75. The molecule has 0 aliphatic carbocycles. The molecule has 1 unspecified atom stereocenters. The van der Waals surface area contributed by atoms with E-state index in [2.05, 4.69) is 10.1 Å². The second-order valence-electron chi connectivity index (χ2n) is 4.01. The quantitative estimate of drug-likeness (QED) is 0.435. The minimum absolute atomic E-state index is 0.162. The molecule has 0 spiro atoms. The second-order valence-corrected chi connectivity index (χ2v) is 4.01. The van der Waals surface area contributed by atoms with Gasteiger partial charge in [-0.25, -0.2) is 4.79 Å². The Hall–Kier alpha value is -1.06. The molecule has 1 fully saturated rings. The van der Waals surface area contributed by atoms with Gasteiger partial charge in [-0.1, -0.05) is 20.8 Å². The Morgan fingerprint density at radius 2 is 2.00 bits per heavy atom. The predicted molar refractivity (Wildman–Crippen MR) is 42.4 cm³/mol. The van der Waals surface area contributed by atoms with E-state index in [1.54, 1.807) is 0 Å². The van der Waals surface area contributed by atoms with Crippen LogP contribution in [0.25, 0.3) is 0 Å². The Balaban J connectivity index is 2.69. The van der Waals surface area contributed by atoms with Gasteiger partial charge in [0.25, 0.3) is 0 Å². The number of rotatable bonds is 0. The Labute approximate surface area is 71.3 Å². The van der Waals surface area contributed by atoms with E-state index in [1.165, 1.54) is 0 Å². The van der Waals surface area contributed by atoms with Crippen LogP contribution in [-0.2, 0) is 9.53 Å². The lowest BCUT2D eigenvalue weighted by Crippen LogP contribution is -2.47. The molecule has 0 radical (unpaired) electrons. The summed E-state index contributed by atoms with van der Waals surface area (Å²) in [6.07, 6.45) is -0.638. The molecule has 12 heavy (non-hydrogen) atoms. The van der Waals surface area contributed by atoms with Gasteiger partial charge < -0.3 is 10.1 Å². The summed E-state index contributed by atoms with van der Waals surface area (Å²) in [5.74, 6) is -0.665. The summed E-state index contributed by atoms with van der Waals surface area (Å²) in [4.78, 5) is 21.8. The highest BCUT2D eigenvalue weighted by atomic mass is 16.6. The van der Waals surface area contributed by atoms with E-state index in [9.17, 15) is 9.59 Å². The number of carbonyl (C=O) groups excluding carboxylic acids is 2. The Morgan fingerprint density at radius 3 is 2.42 bits per heavy atom. The van der Waals surface area contributed by atoms with Crippen molar-refractivity contribution in [1.82, 2.24) is 5.32 Å². The molecule has 0 aromatic heterocycles. The number of cyclic esters (lactones) is 2. The molecule has 68 valence electrons. The topological polar surface area (TPSA) is 55.4 Å². The Morgan fingerprint density at radius 1 is 1.42 bits per heavy atom. The minimum Gasteiger partial charge on any atom is -0.376 e. The normalized spacial score (nSPS) is 24.8. The third-order valence-corrected chi connectivity index (χ3v) is 1.97. The molecule has 0 bridgehead atoms. The fraction of sp³-hybridized carbons (Fsp3) is 0.750. The summed E-state index contributed by atoms with van der Waals surface area (Å²) < 4.78 is 4.44. The summed E-state index contributed by atoms with van der Waals surface area (Å²) in [5.41, 5.74) is -0.162. The Kier molecular flexibility index (Phi) is 2.08. The van der Waals surface area contributed by atoms with Crippen molar-refractivity contribution in [2.45, 2.75) is 20.8 Å². The van der Waals surface area contributed by atoms with Gasteiger partial charge in [0.1, 0.15) is 0 Å². The largest absolute Gasteiger partial charge is 0.414 e. The molecule has 1 amide bonds. The molecule has 1 saturated heterocycles. The number of esters is 1. The zero-order chi connectivity index (χ0) is 9.35. The SMILES string of the molecule is CC(C)(C)C1CNC(=O)OC1=O. The van der Waals surface area contributed by atoms with Crippen molar-refractivity contribution < 1.29 is 14.3 Å². The lowest BCUT2D eigenvalue weighted by Gasteiger charge is -2.31. The standard InChI is InChI=1S/C8H13NO3/c1-8(2,3)5-4-9-7(11)12-6(5)10/h5H,4H2,1-3H3,(H,9,11). The van der Waals surface area contributed by atoms with Crippen LogP contribution in [0.2, 0.25) is 0 Å². The maximum atomic E-state index is 11.2. The highest BCUT2D eigenvalue weighted by molar-refractivity contribution is 5.89. The zero-order valence-electron chi connectivity index (χ0n) is 7.51. The Bertz CT molecular complexity index is 217. The summed E-state index contributed by atoms with van der Waals surface area (Å²) in [6, 6.07) is 0. The molecular weight excluding hydrogens is 158 g/mol. The molecule has 0 saturated carbocycles. The van der Waals surface area contributed by atoms with Crippen molar-refractivity contribution in [3.63, 3.8) is 0 Å². The fourth-order valence-electron chi connectivity index (χ4n) is 1.13. The number of ether oxygens (including phenoxy) is 1. The molecule has 4 nitrogen and oxygen atoms in total. The van der Waals surface area contributed by atoms with Crippen LogP contribution in [0, 0.1) is 11.3 Å². The van der Waals surface area contributed by atoms with Crippen molar-refractivity contribution in [2.24, 2.45) is 11.3 Å². The van der Waals surface area contributed by atoms with Crippen LogP contribution < -0.4 is 5.32 Å². The van der Waals surface area contributed by atoms with Crippen LogP contribution in [-0.4, -0.2) is 18.6 Å². The molecule has 0 aromatic rings. The van der Waals surface area contributed by atoms with E-state index in [4.69, 9.17) is 0 Å². The number of nitrogens with one attached hydrogen (secondary N) is 1. The van der Waals surface area contributed by atoms with Crippen molar-refractivity contribution in [2.75, 3.05) is 6.54 Å². The molecule has 0 aromatic carbocycles. The smallest absolute Gasteiger partial charge is 0.376 e. The van der Waals surface area contributed by atoms with Gasteiger partial charge >= 0.3 is 12.1 Å². The monoisotopic (exact) mass is 171 g/mol. The molecule has 1 aliphatic heterocycles. The molecular formula is C8H13NO3. The first-order valence-electron chi connectivity index (χ1n) is 3.91. The average molecular weight is 171 g/mol. The van der Waals surface area contributed by atoms with Crippen LogP contribution in [0.3, 0.4) is 0 Å². The van der Waals surface area contributed by atoms with Gasteiger partial charge in [0.05, 0.1) is 5.92 Å². The van der Waals surface area contributed by atoms with Crippen LogP contribution in [0.1, 0.15) is 20.8 Å². The van der Waals surface area contributed by atoms with Gasteiger partial charge in [-0.3, -0.25) is 4.79 Å². The van der Waals surface area contributed by atoms with E-state index in [0.29, 0.717) is 6.54 Å². The van der Waals surface area contributed by atoms with E-state index < -0.39 is 12.1 Å². The summed E-state index contributed by atoms with van der Waals surface area (Å²) >= 11 is 0. The lowest BCUT2D eigenvalue weighted by atomic mass is 9.80. The molecule has 1 atom stereocenters.